The SMILES string of the molecule is BrCCN1C2C=CC=CC2c2ccccc2C1N1CCCCC1. The highest BCUT2D eigenvalue weighted by Gasteiger charge is 2.41. The van der Waals surface area contributed by atoms with Gasteiger partial charge in [0.15, 0.2) is 0 Å². The molecule has 0 saturated carbocycles. The number of halogens is 1. The maximum absolute atomic E-state index is 3.69. The van der Waals surface area contributed by atoms with Gasteiger partial charge in [-0.05, 0) is 37.1 Å². The quantitative estimate of drug-likeness (QED) is 0.722. The zero-order valence-electron chi connectivity index (χ0n) is 13.6. The van der Waals surface area contributed by atoms with Gasteiger partial charge in [0.1, 0.15) is 0 Å². The number of hydrogen-bond donors (Lipinski definition) is 0. The van der Waals surface area contributed by atoms with Gasteiger partial charge < -0.3 is 0 Å². The molecule has 1 aromatic rings. The number of allylic oxidation sites excluding steroid dienone is 2. The number of rotatable bonds is 3. The molecule has 2 aliphatic heterocycles. The van der Waals surface area contributed by atoms with Crippen LogP contribution in [-0.2, 0) is 0 Å². The Bertz CT molecular complexity index is 603. The molecule has 3 unspecified atom stereocenters. The van der Waals surface area contributed by atoms with Gasteiger partial charge in [0.2, 0.25) is 0 Å². The van der Waals surface area contributed by atoms with Crippen molar-refractivity contribution in [2.75, 3.05) is 25.0 Å². The highest BCUT2D eigenvalue weighted by atomic mass is 79.9. The van der Waals surface area contributed by atoms with Crippen molar-refractivity contribution < 1.29 is 0 Å². The Labute approximate surface area is 148 Å². The van der Waals surface area contributed by atoms with E-state index < -0.39 is 0 Å². The van der Waals surface area contributed by atoms with Gasteiger partial charge in [-0.2, -0.15) is 0 Å². The van der Waals surface area contributed by atoms with Gasteiger partial charge in [0, 0.05) is 23.8 Å². The molecule has 0 bridgehead atoms. The Kier molecular flexibility index (Phi) is 4.70. The molecule has 1 fully saturated rings. The Balaban J connectivity index is 1.79. The number of likely N-dealkylation sites (tertiary alicyclic amines) is 1. The summed E-state index contributed by atoms with van der Waals surface area (Å²) in [6.07, 6.45) is 13.7. The summed E-state index contributed by atoms with van der Waals surface area (Å²) in [5.74, 6) is 0.497. The van der Waals surface area contributed by atoms with Crippen molar-refractivity contribution in [2.24, 2.45) is 0 Å². The van der Waals surface area contributed by atoms with Crippen LogP contribution in [0.15, 0.2) is 48.6 Å². The lowest BCUT2D eigenvalue weighted by atomic mass is 9.79. The van der Waals surface area contributed by atoms with Crippen molar-refractivity contribution in [3.8, 4) is 0 Å². The van der Waals surface area contributed by atoms with Gasteiger partial charge >= 0.3 is 0 Å². The van der Waals surface area contributed by atoms with E-state index in [1.54, 1.807) is 0 Å². The molecule has 4 rings (SSSR count). The Morgan fingerprint density at radius 3 is 2.48 bits per heavy atom. The minimum Gasteiger partial charge on any atom is -0.284 e. The van der Waals surface area contributed by atoms with Crippen molar-refractivity contribution in [2.45, 2.75) is 37.4 Å². The summed E-state index contributed by atoms with van der Waals surface area (Å²) in [4.78, 5) is 5.43. The van der Waals surface area contributed by atoms with E-state index in [2.05, 4.69) is 74.3 Å². The molecule has 0 amide bonds. The standard InChI is InChI=1S/C20H25BrN2/c21-12-15-23-19-11-5-4-9-17(19)16-8-2-3-10-18(16)20(23)22-13-6-1-7-14-22/h2-5,8-11,17,19-20H,1,6-7,12-15H2. The molecule has 3 heteroatoms. The summed E-state index contributed by atoms with van der Waals surface area (Å²) < 4.78 is 0. The Morgan fingerprint density at radius 2 is 1.70 bits per heavy atom. The van der Waals surface area contributed by atoms with E-state index in [0.29, 0.717) is 18.1 Å². The molecule has 3 aliphatic rings. The molecule has 2 heterocycles. The van der Waals surface area contributed by atoms with E-state index in [1.165, 1.54) is 43.5 Å². The maximum atomic E-state index is 3.69. The van der Waals surface area contributed by atoms with Crippen molar-refractivity contribution in [1.29, 1.82) is 0 Å². The third-order valence-corrected chi connectivity index (χ3v) is 5.87. The van der Waals surface area contributed by atoms with E-state index >= 15 is 0 Å². The molecule has 0 aromatic heterocycles. The predicted octanol–water partition coefficient (Wildman–Crippen LogP) is 4.46. The van der Waals surface area contributed by atoms with Crippen LogP contribution >= 0.6 is 15.9 Å². The second kappa shape index (κ2) is 6.92. The molecule has 0 N–H and O–H groups in total. The van der Waals surface area contributed by atoms with Crippen LogP contribution in [0.1, 0.15) is 42.5 Å². The number of nitrogens with zero attached hydrogens (tertiary/aromatic N) is 2. The van der Waals surface area contributed by atoms with E-state index in [-0.39, 0.29) is 0 Å². The molecule has 23 heavy (non-hydrogen) atoms. The minimum absolute atomic E-state index is 0.432. The van der Waals surface area contributed by atoms with Crippen molar-refractivity contribution in [3.05, 3.63) is 59.7 Å². The van der Waals surface area contributed by atoms with Crippen LogP contribution in [0.4, 0.5) is 0 Å². The topological polar surface area (TPSA) is 6.48 Å². The van der Waals surface area contributed by atoms with E-state index in [9.17, 15) is 0 Å². The van der Waals surface area contributed by atoms with Gasteiger partial charge in [-0.25, -0.2) is 0 Å². The van der Waals surface area contributed by atoms with Crippen LogP contribution in [0.25, 0.3) is 0 Å². The zero-order valence-corrected chi connectivity index (χ0v) is 15.2. The molecular formula is C20H25BrN2. The lowest BCUT2D eigenvalue weighted by Crippen LogP contribution is -2.53. The number of hydrogen-bond acceptors (Lipinski definition) is 2. The fourth-order valence-corrected chi connectivity index (χ4v) is 4.94. The summed E-state index contributed by atoms with van der Waals surface area (Å²) >= 11 is 3.69. The average Bonchev–Trinajstić information content (AvgIpc) is 2.63. The fraction of sp³-hybridized carbons (Fsp3) is 0.500. The molecule has 1 saturated heterocycles. The molecule has 2 nitrogen and oxygen atoms in total. The highest BCUT2D eigenvalue weighted by Crippen LogP contribution is 2.44. The summed E-state index contributed by atoms with van der Waals surface area (Å²) in [7, 11) is 0. The number of benzene rings is 1. The predicted molar refractivity (Wildman–Crippen MR) is 99.9 cm³/mol. The first-order valence-electron chi connectivity index (χ1n) is 8.90. The summed E-state index contributed by atoms with van der Waals surface area (Å²) in [5, 5.41) is 1.03. The van der Waals surface area contributed by atoms with Gasteiger partial charge in [-0.1, -0.05) is 70.9 Å². The molecule has 1 aliphatic carbocycles. The fourth-order valence-electron chi connectivity index (χ4n) is 4.53. The molecule has 122 valence electrons. The molecule has 3 atom stereocenters. The van der Waals surface area contributed by atoms with E-state index in [0.717, 1.165) is 11.9 Å². The number of piperidine rings is 1. The molecule has 0 spiro atoms. The van der Waals surface area contributed by atoms with Crippen molar-refractivity contribution >= 4 is 15.9 Å². The highest BCUT2D eigenvalue weighted by molar-refractivity contribution is 9.09. The molecule has 0 radical (unpaired) electrons. The van der Waals surface area contributed by atoms with Crippen LogP contribution < -0.4 is 0 Å². The van der Waals surface area contributed by atoms with E-state index in [4.69, 9.17) is 0 Å². The first-order chi connectivity index (χ1) is 11.4. The lowest BCUT2D eigenvalue weighted by molar-refractivity contribution is 0.00111. The van der Waals surface area contributed by atoms with Gasteiger partial charge in [0.05, 0.1) is 6.17 Å². The number of fused-ring (bicyclic) bond motifs is 3. The minimum atomic E-state index is 0.432. The second-order valence-electron chi connectivity index (χ2n) is 6.81. The monoisotopic (exact) mass is 372 g/mol. The first kappa shape index (κ1) is 15.6. The normalized spacial score (nSPS) is 30.9. The summed E-state index contributed by atoms with van der Waals surface area (Å²) in [6, 6.07) is 9.61. The van der Waals surface area contributed by atoms with Gasteiger partial charge in [-0.3, -0.25) is 9.80 Å². The first-order valence-corrected chi connectivity index (χ1v) is 10.0. The second-order valence-corrected chi connectivity index (χ2v) is 7.61. The van der Waals surface area contributed by atoms with E-state index in [1.807, 2.05) is 0 Å². The van der Waals surface area contributed by atoms with Crippen molar-refractivity contribution in [3.63, 3.8) is 0 Å². The van der Waals surface area contributed by atoms with Gasteiger partial charge in [0.25, 0.3) is 0 Å². The Morgan fingerprint density at radius 1 is 0.957 bits per heavy atom. The van der Waals surface area contributed by atoms with Crippen LogP contribution in [-0.4, -0.2) is 40.8 Å². The van der Waals surface area contributed by atoms with Crippen molar-refractivity contribution in [1.82, 2.24) is 9.80 Å². The lowest BCUT2D eigenvalue weighted by Gasteiger charge is -2.51. The van der Waals surface area contributed by atoms with Crippen LogP contribution in [0, 0.1) is 0 Å². The maximum Gasteiger partial charge on any atom is 0.0894 e. The summed E-state index contributed by atoms with van der Waals surface area (Å²) in [6.45, 7) is 3.55. The molecule has 1 aromatic carbocycles. The van der Waals surface area contributed by atoms with Crippen LogP contribution in [0.3, 0.4) is 0 Å². The zero-order chi connectivity index (χ0) is 15.6. The number of alkyl halides is 1. The van der Waals surface area contributed by atoms with Gasteiger partial charge in [-0.15, -0.1) is 0 Å². The van der Waals surface area contributed by atoms with Crippen LogP contribution in [0.5, 0.6) is 0 Å². The van der Waals surface area contributed by atoms with Crippen LogP contribution in [0.2, 0.25) is 0 Å². The smallest absolute Gasteiger partial charge is 0.0894 e. The average molecular weight is 373 g/mol. The Hall–Kier alpha value is -0.900. The molecular weight excluding hydrogens is 348 g/mol. The summed E-state index contributed by atoms with van der Waals surface area (Å²) in [5.41, 5.74) is 3.05. The third-order valence-electron chi connectivity index (χ3n) is 5.52. The third kappa shape index (κ3) is 2.84. The largest absolute Gasteiger partial charge is 0.284 e.